The van der Waals surface area contributed by atoms with Gasteiger partial charge in [-0.05, 0) is 37.5 Å². The Morgan fingerprint density at radius 1 is 1.41 bits per heavy atom. The van der Waals surface area contributed by atoms with Gasteiger partial charge in [0.15, 0.2) is 0 Å². The van der Waals surface area contributed by atoms with Crippen molar-refractivity contribution in [1.82, 2.24) is 4.98 Å². The average Bonchev–Trinajstić information content (AvgIpc) is 3.04. The van der Waals surface area contributed by atoms with Gasteiger partial charge in [0.2, 0.25) is 0 Å². The monoisotopic (exact) mass is 234 g/mol. The molecule has 0 amide bonds. The molecule has 0 spiro atoms. The van der Waals surface area contributed by atoms with Crippen molar-refractivity contribution < 1.29 is 9.84 Å². The van der Waals surface area contributed by atoms with Crippen molar-refractivity contribution in [2.75, 3.05) is 18.1 Å². The molecule has 0 bridgehead atoms. The summed E-state index contributed by atoms with van der Waals surface area (Å²) in [7, 11) is 0. The number of aliphatic hydroxyl groups is 1. The van der Waals surface area contributed by atoms with Gasteiger partial charge in [-0.1, -0.05) is 0 Å². The minimum Gasteiger partial charge on any atom is -0.388 e. The highest BCUT2D eigenvalue weighted by Crippen LogP contribution is 2.34. The Kier molecular flexibility index (Phi) is 2.76. The lowest BCUT2D eigenvalue weighted by molar-refractivity contribution is 0.124. The van der Waals surface area contributed by atoms with E-state index in [0.717, 1.165) is 5.82 Å². The summed E-state index contributed by atoms with van der Waals surface area (Å²) in [6, 6.07) is 4.68. The second kappa shape index (κ2) is 4.27. The molecule has 1 saturated carbocycles. The fourth-order valence-corrected chi connectivity index (χ4v) is 2.44. The van der Waals surface area contributed by atoms with Gasteiger partial charge >= 0.3 is 0 Å². The van der Waals surface area contributed by atoms with Crippen molar-refractivity contribution in [3.05, 3.63) is 23.9 Å². The zero-order chi connectivity index (χ0) is 11.8. The Bertz CT molecular complexity index is 406. The predicted molar refractivity (Wildman–Crippen MR) is 65.1 cm³/mol. The molecular formula is C13H18N2O2. The second-order valence-electron chi connectivity index (χ2n) is 5.00. The fraction of sp³-hybridized carbons (Fsp3) is 0.615. The number of hydrogen-bond donors (Lipinski definition) is 1. The molecule has 2 atom stereocenters. The molecule has 0 radical (unpaired) electrons. The number of aryl methyl sites for hydroxylation is 1. The smallest absolute Gasteiger partial charge is 0.129 e. The largest absolute Gasteiger partial charge is 0.388 e. The summed E-state index contributed by atoms with van der Waals surface area (Å²) in [5.41, 5.74) is 1.20. The Balaban J connectivity index is 1.89. The minimum atomic E-state index is -0.391. The molecule has 4 heteroatoms. The molecule has 0 aromatic carbocycles. The van der Waals surface area contributed by atoms with Crippen LogP contribution in [-0.2, 0) is 4.74 Å². The van der Waals surface area contributed by atoms with Crippen LogP contribution in [-0.4, -0.2) is 41.5 Å². The molecule has 17 heavy (non-hydrogen) atoms. The summed E-state index contributed by atoms with van der Waals surface area (Å²) in [4.78, 5) is 6.69. The third-order valence-corrected chi connectivity index (χ3v) is 3.48. The molecular weight excluding hydrogens is 216 g/mol. The summed E-state index contributed by atoms with van der Waals surface area (Å²) in [5, 5.41) is 9.97. The van der Waals surface area contributed by atoms with E-state index >= 15 is 0 Å². The maximum Gasteiger partial charge on any atom is 0.129 e. The van der Waals surface area contributed by atoms with E-state index in [4.69, 9.17) is 4.74 Å². The van der Waals surface area contributed by atoms with Crippen molar-refractivity contribution >= 4 is 5.82 Å². The molecule has 92 valence electrons. The van der Waals surface area contributed by atoms with Crippen molar-refractivity contribution in [2.24, 2.45) is 0 Å². The number of aliphatic hydroxyl groups excluding tert-OH is 1. The fourth-order valence-electron chi connectivity index (χ4n) is 2.44. The number of hydrogen-bond acceptors (Lipinski definition) is 4. The van der Waals surface area contributed by atoms with Crippen LogP contribution in [0.1, 0.15) is 18.4 Å². The number of aromatic nitrogens is 1. The van der Waals surface area contributed by atoms with E-state index in [2.05, 4.69) is 22.9 Å². The van der Waals surface area contributed by atoms with Crippen LogP contribution >= 0.6 is 0 Å². The van der Waals surface area contributed by atoms with Crippen molar-refractivity contribution in [2.45, 2.75) is 38.0 Å². The van der Waals surface area contributed by atoms with Crippen LogP contribution in [0, 0.1) is 6.92 Å². The summed E-state index contributed by atoms with van der Waals surface area (Å²) < 4.78 is 5.36. The van der Waals surface area contributed by atoms with Crippen LogP contribution in [0.5, 0.6) is 0 Å². The van der Waals surface area contributed by atoms with Crippen LogP contribution < -0.4 is 4.90 Å². The number of nitrogens with zero attached hydrogens (tertiary/aromatic N) is 2. The number of ether oxygens (including phenoxy) is 1. The van der Waals surface area contributed by atoms with Gasteiger partial charge in [-0.2, -0.15) is 0 Å². The highest BCUT2D eigenvalue weighted by Gasteiger charge is 2.40. The van der Waals surface area contributed by atoms with Crippen LogP contribution in [0.25, 0.3) is 0 Å². The van der Waals surface area contributed by atoms with E-state index < -0.39 is 6.10 Å². The van der Waals surface area contributed by atoms with Gasteiger partial charge in [0.1, 0.15) is 5.82 Å². The molecule has 2 fully saturated rings. The molecule has 2 unspecified atom stereocenters. The lowest BCUT2D eigenvalue weighted by atomic mass is 10.1. The second-order valence-corrected chi connectivity index (χ2v) is 5.00. The van der Waals surface area contributed by atoms with Crippen molar-refractivity contribution in [3.8, 4) is 0 Å². The van der Waals surface area contributed by atoms with Crippen LogP contribution in [0.15, 0.2) is 18.3 Å². The van der Waals surface area contributed by atoms with Crippen molar-refractivity contribution in [1.29, 1.82) is 0 Å². The zero-order valence-corrected chi connectivity index (χ0v) is 10.0. The van der Waals surface area contributed by atoms with Gasteiger partial charge in [-0.15, -0.1) is 0 Å². The van der Waals surface area contributed by atoms with E-state index in [0.29, 0.717) is 19.3 Å². The molecule has 4 nitrogen and oxygen atoms in total. The first kappa shape index (κ1) is 11.0. The summed E-state index contributed by atoms with van der Waals surface area (Å²) in [6.45, 7) is 3.12. The maximum absolute atomic E-state index is 9.97. The van der Waals surface area contributed by atoms with Gasteiger partial charge in [0.25, 0.3) is 0 Å². The standard InChI is InChI=1S/C13H18N2O2/c1-9-4-5-14-13(6-9)15(10-2-3-10)11-7-17-8-12(11)16/h4-6,10-12,16H,2-3,7-8H2,1H3. The van der Waals surface area contributed by atoms with Crippen LogP contribution in [0.4, 0.5) is 5.82 Å². The van der Waals surface area contributed by atoms with Crippen LogP contribution in [0.2, 0.25) is 0 Å². The Hall–Kier alpha value is -1.13. The highest BCUT2D eigenvalue weighted by molar-refractivity contribution is 5.45. The summed E-state index contributed by atoms with van der Waals surface area (Å²) >= 11 is 0. The topological polar surface area (TPSA) is 45.6 Å². The van der Waals surface area contributed by atoms with Crippen LogP contribution in [0.3, 0.4) is 0 Å². The Morgan fingerprint density at radius 3 is 2.82 bits per heavy atom. The Morgan fingerprint density at radius 2 is 2.24 bits per heavy atom. The third kappa shape index (κ3) is 2.15. The first-order valence-electron chi connectivity index (χ1n) is 6.22. The zero-order valence-electron chi connectivity index (χ0n) is 10.0. The minimum absolute atomic E-state index is 0.0665. The van der Waals surface area contributed by atoms with Gasteiger partial charge in [-0.3, -0.25) is 0 Å². The SMILES string of the molecule is Cc1ccnc(N(C2CC2)C2COCC2O)c1. The third-order valence-electron chi connectivity index (χ3n) is 3.48. The average molecular weight is 234 g/mol. The molecule has 1 N–H and O–H groups in total. The van der Waals surface area contributed by atoms with Crippen molar-refractivity contribution in [3.63, 3.8) is 0 Å². The Labute approximate surface area is 101 Å². The first-order valence-corrected chi connectivity index (χ1v) is 6.22. The maximum atomic E-state index is 9.97. The lowest BCUT2D eigenvalue weighted by Crippen LogP contribution is -2.45. The highest BCUT2D eigenvalue weighted by atomic mass is 16.5. The molecule has 1 aliphatic heterocycles. The van der Waals surface area contributed by atoms with E-state index in [1.165, 1.54) is 18.4 Å². The summed E-state index contributed by atoms with van der Waals surface area (Å²) in [6.07, 6.45) is 3.83. The van der Waals surface area contributed by atoms with E-state index in [-0.39, 0.29) is 6.04 Å². The predicted octanol–water partition coefficient (Wildman–Crippen LogP) is 1.12. The summed E-state index contributed by atoms with van der Waals surface area (Å²) in [5.74, 6) is 0.974. The van der Waals surface area contributed by atoms with Gasteiger partial charge in [-0.25, -0.2) is 4.98 Å². The van der Waals surface area contributed by atoms with Gasteiger partial charge in [0, 0.05) is 12.2 Å². The molecule has 1 aromatic rings. The molecule has 3 rings (SSSR count). The molecule has 2 heterocycles. The molecule has 1 aromatic heterocycles. The number of anilines is 1. The lowest BCUT2D eigenvalue weighted by Gasteiger charge is -2.31. The normalized spacial score (nSPS) is 28.4. The van der Waals surface area contributed by atoms with Gasteiger partial charge in [0.05, 0.1) is 25.4 Å². The van der Waals surface area contributed by atoms with E-state index in [9.17, 15) is 5.11 Å². The van der Waals surface area contributed by atoms with Gasteiger partial charge < -0.3 is 14.7 Å². The first-order chi connectivity index (χ1) is 8.25. The number of pyridine rings is 1. The molecule has 1 aliphatic carbocycles. The molecule has 1 saturated heterocycles. The van der Waals surface area contributed by atoms with E-state index in [1.54, 1.807) is 0 Å². The number of rotatable bonds is 3. The van der Waals surface area contributed by atoms with E-state index in [1.807, 2.05) is 12.3 Å². The molecule has 2 aliphatic rings. The quantitative estimate of drug-likeness (QED) is 0.851.